The van der Waals surface area contributed by atoms with Crippen molar-refractivity contribution in [1.29, 1.82) is 10.8 Å². The van der Waals surface area contributed by atoms with Crippen LogP contribution in [0.4, 0.5) is 0 Å². The lowest BCUT2D eigenvalue weighted by atomic mass is 9.94. The summed E-state index contributed by atoms with van der Waals surface area (Å²) in [5, 5.41) is 21.5. The number of thiol groups is 2. The van der Waals surface area contributed by atoms with Crippen molar-refractivity contribution >= 4 is 46.9 Å². The summed E-state index contributed by atoms with van der Waals surface area (Å²) in [7, 11) is 0. The molecular weight excluding hydrogens is 392 g/mol. The van der Waals surface area contributed by atoms with Gasteiger partial charge in [0.2, 0.25) is 0 Å². The van der Waals surface area contributed by atoms with Crippen molar-refractivity contribution in [2.75, 3.05) is 0 Å². The van der Waals surface area contributed by atoms with Crippen molar-refractivity contribution in [3.05, 3.63) is 70.4 Å². The SMILES string of the molecule is N=C(S)NCc1sc(CNC(=N)S)c(-c2ccccc2)c1-c1ccccc1. The Kier molecular flexibility index (Phi) is 6.60. The number of nitrogens with one attached hydrogen (secondary N) is 4. The van der Waals surface area contributed by atoms with Crippen molar-refractivity contribution in [3.8, 4) is 22.3 Å². The van der Waals surface area contributed by atoms with E-state index in [4.69, 9.17) is 10.8 Å². The highest BCUT2D eigenvalue weighted by molar-refractivity contribution is 7.96. The van der Waals surface area contributed by atoms with Crippen molar-refractivity contribution in [2.24, 2.45) is 0 Å². The maximum absolute atomic E-state index is 7.59. The molecule has 138 valence electrons. The summed E-state index contributed by atoms with van der Waals surface area (Å²) >= 11 is 9.77. The number of hydrogen-bond acceptors (Lipinski definition) is 3. The lowest BCUT2D eigenvalue weighted by molar-refractivity contribution is 0.943. The summed E-state index contributed by atoms with van der Waals surface area (Å²) in [6.45, 7) is 1.05. The third-order valence-electron chi connectivity index (χ3n) is 4.01. The molecule has 2 aromatic carbocycles. The van der Waals surface area contributed by atoms with Gasteiger partial charge in [0.05, 0.1) is 13.1 Å². The zero-order chi connectivity index (χ0) is 19.2. The van der Waals surface area contributed by atoms with E-state index in [1.807, 2.05) is 36.4 Å². The van der Waals surface area contributed by atoms with Gasteiger partial charge in [0, 0.05) is 20.9 Å². The first-order valence-corrected chi connectivity index (χ1v) is 10.1. The smallest absolute Gasteiger partial charge is 0.150 e. The van der Waals surface area contributed by atoms with Crippen LogP contribution in [-0.2, 0) is 13.1 Å². The summed E-state index contributed by atoms with van der Waals surface area (Å²) < 4.78 is 0. The van der Waals surface area contributed by atoms with Gasteiger partial charge < -0.3 is 10.6 Å². The molecule has 0 aliphatic carbocycles. The Labute approximate surface area is 173 Å². The number of benzene rings is 2. The summed E-state index contributed by atoms with van der Waals surface area (Å²) in [6, 6.07) is 20.5. The lowest BCUT2D eigenvalue weighted by Gasteiger charge is -2.11. The van der Waals surface area contributed by atoms with E-state index >= 15 is 0 Å². The van der Waals surface area contributed by atoms with E-state index in [1.54, 1.807) is 11.3 Å². The molecule has 1 aromatic heterocycles. The molecule has 0 saturated heterocycles. The molecule has 0 atom stereocenters. The highest BCUT2D eigenvalue weighted by atomic mass is 32.1. The maximum atomic E-state index is 7.59. The Bertz CT molecular complexity index is 861. The van der Waals surface area contributed by atoms with Gasteiger partial charge in [0.25, 0.3) is 0 Å². The van der Waals surface area contributed by atoms with Crippen LogP contribution in [0.15, 0.2) is 60.7 Å². The second-order valence-electron chi connectivity index (χ2n) is 5.83. The Morgan fingerprint density at radius 3 is 1.41 bits per heavy atom. The minimum Gasteiger partial charge on any atom is -0.360 e. The molecule has 0 bridgehead atoms. The molecule has 4 nitrogen and oxygen atoms in total. The fourth-order valence-corrected chi connectivity index (χ4v) is 4.32. The van der Waals surface area contributed by atoms with Crippen LogP contribution in [0.2, 0.25) is 0 Å². The monoisotopic (exact) mass is 412 g/mol. The summed E-state index contributed by atoms with van der Waals surface area (Å²) in [6.07, 6.45) is 0. The molecule has 0 spiro atoms. The number of rotatable bonds is 6. The zero-order valence-corrected chi connectivity index (χ0v) is 17.1. The average Bonchev–Trinajstić information content (AvgIpc) is 3.04. The average molecular weight is 413 g/mol. The molecule has 27 heavy (non-hydrogen) atoms. The summed E-state index contributed by atoms with van der Waals surface area (Å²) in [4.78, 5) is 2.25. The summed E-state index contributed by atoms with van der Waals surface area (Å²) in [5.74, 6) is 0. The lowest BCUT2D eigenvalue weighted by Crippen LogP contribution is -2.16. The summed E-state index contributed by atoms with van der Waals surface area (Å²) in [5.41, 5.74) is 4.55. The molecule has 3 rings (SSSR count). The fourth-order valence-electron chi connectivity index (χ4n) is 2.93. The largest absolute Gasteiger partial charge is 0.360 e. The van der Waals surface area contributed by atoms with E-state index in [0.717, 1.165) is 32.0 Å². The highest BCUT2D eigenvalue weighted by Crippen LogP contribution is 2.43. The van der Waals surface area contributed by atoms with E-state index in [1.165, 1.54) is 0 Å². The molecule has 1 heterocycles. The van der Waals surface area contributed by atoms with Crippen LogP contribution in [0.1, 0.15) is 9.75 Å². The molecule has 3 aromatic rings. The van der Waals surface area contributed by atoms with Gasteiger partial charge in [-0.15, -0.1) is 36.6 Å². The molecule has 0 radical (unpaired) electrons. The molecule has 0 aliphatic heterocycles. The first kappa shape index (κ1) is 19.5. The van der Waals surface area contributed by atoms with Crippen LogP contribution < -0.4 is 10.6 Å². The third kappa shape index (κ3) is 4.94. The normalized spacial score (nSPS) is 10.4. The Balaban J connectivity index is 2.18. The van der Waals surface area contributed by atoms with E-state index in [0.29, 0.717) is 13.1 Å². The first-order chi connectivity index (χ1) is 13.1. The molecule has 0 fully saturated rings. The van der Waals surface area contributed by atoms with Crippen molar-refractivity contribution < 1.29 is 0 Å². The quantitative estimate of drug-likeness (QED) is 0.196. The topological polar surface area (TPSA) is 71.8 Å². The molecule has 4 N–H and O–H groups in total. The Morgan fingerprint density at radius 1 is 0.704 bits per heavy atom. The van der Waals surface area contributed by atoms with Crippen LogP contribution in [0.25, 0.3) is 22.3 Å². The zero-order valence-electron chi connectivity index (χ0n) is 14.5. The van der Waals surface area contributed by atoms with Crippen LogP contribution in [0.5, 0.6) is 0 Å². The molecule has 0 saturated carbocycles. The van der Waals surface area contributed by atoms with Gasteiger partial charge in [-0.1, -0.05) is 60.7 Å². The minimum atomic E-state index is 0.139. The predicted octanol–water partition coefficient (Wildman–Crippen LogP) is 4.99. The standard InChI is InChI=1S/C20H20N4S3/c21-19(25)23-11-15-17(13-7-3-1-4-8-13)18(14-9-5-2-6-10-14)16(27-15)12-24-20(22)26/h1-10H,11-12H2,(H3,21,23,25)(H3,22,24,26). The minimum absolute atomic E-state index is 0.139. The van der Waals surface area contributed by atoms with Gasteiger partial charge in [-0.3, -0.25) is 10.8 Å². The molecule has 0 unspecified atom stereocenters. The van der Waals surface area contributed by atoms with E-state index < -0.39 is 0 Å². The van der Waals surface area contributed by atoms with Gasteiger partial charge in [-0.05, 0) is 11.1 Å². The predicted molar refractivity (Wildman–Crippen MR) is 122 cm³/mol. The third-order valence-corrected chi connectivity index (χ3v) is 5.52. The first-order valence-electron chi connectivity index (χ1n) is 8.34. The van der Waals surface area contributed by atoms with Gasteiger partial charge in [0.15, 0.2) is 10.3 Å². The van der Waals surface area contributed by atoms with Crippen LogP contribution >= 0.6 is 36.6 Å². The van der Waals surface area contributed by atoms with E-state index in [9.17, 15) is 0 Å². The molecule has 0 amide bonds. The molecule has 0 aliphatic rings. The number of hydrogen-bond donors (Lipinski definition) is 6. The Morgan fingerprint density at radius 2 is 1.07 bits per heavy atom. The van der Waals surface area contributed by atoms with Gasteiger partial charge in [-0.25, -0.2) is 0 Å². The second kappa shape index (κ2) is 9.12. The highest BCUT2D eigenvalue weighted by Gasteiger charge is 2.20. The van der Waals surface area contributed by atoms with Gasteiger partial charge in [0.1, 0.15) is 0 Å². The van der Waals surface area contributed by atoms with Gasteiger partial charge >= 0.3 is 0 Å². The van der Waals surface area contributed by atoms with E-state index in [2.05, 4.69) is 60.2 Å². The Hall–Kier alpha value is -2.22. The van der Waals surface area contributed by atoms with Crippen molar-refractivity contribution in [3.63, 3.8) is 0 Å². The fraction of sp³-hybridized carbons (Fsp3) is 0.100. The number of thiophene rings is 1. The maximum Gasteiger partial charge on any atom is 0.150 e. The van der Waals surface area contributed by atoms with Gasteiger partial charge in [-0.2, -0.15) is 0 Å². The molecule has 7 heteroatoms. The van der Waals surface area contributed by atoms with Crippen molar-refractivity contribution in [2.45, 2.75) is 13.1 Å². The molecular formula is C20H20N4S3. The van der Waals surface area contributed by atoms with Crippen LogP contribution in [0.3, 0.4) is 0 Å². The van der Waals surface area contributed by atoms with Crippen LogP contribution in [0, 0.1) is 10.8 Å². The second-order valence-corrected chi connectivity index (χ2v) is 7.92. The van der Waals surface area contributed by atoms with Crippen LogP contribution in [-0.4, -0.2) is 10.3 Å². The van der Waals surface area contributed by atoms with E-state index in [-0.39, 0.29) is 10.3 Å². The number of amidine groups is 2. The van der Waals surface area contributed by atoms with Crippen molar-refractivity contribution in [1.82, 2.24) is 10.6 Å².